The summed E-state index contributed by atoms with van der Waals surface area (Å²) in [5, 5.41) is 6.52. The molecule has 0 aliphatic heterocycles. The summed E-state index contributed by atoms with van der Waals surface area (Å²) in [5.41, 5.74) is 0.242. The zero-order valence-electron chi connectivity index (χ0n) is 11.1. The van der Waals surface area contributed by atoms with Gasteiger partial charge < -0.3 is 10.6 Å². The van der Waals surface area contributed by atoms with Gasteiger partial charge in [0.15, 0.2) is 0 Å². The molecular weight excluding hydrogens is 200 g/mol. The first kappa shape index (κ1) is 13.5. The van der Waals surface area contributed by atoms with Crippen LogP contribution in [-0.4, -0.2) is 23.5 Å². The summed E-state index contributed by atoms with van der Waals surface area (Å²) >= 11 is 0. The second-order valence-corrected chi connectivity index (χ2v) is 5.17. The van der Waals surface area contributed by atoms with E-state index < -0.39 is 0 Å². The molecule has 1 fully saturated rings. The third-order valence-corrected chi connectivity index (χ3v) is 3.90. The van der Waals surface area contributed by atoms with E-state index in [9.17, 15) is 4.79 Å². The molecule has 0 heterocycles. The molecule has 2 atom stereocenters. The predicted molar refractivity (Wildman–Crippen MR) is 67.4 cm³/mol. The first-order chi connectivity index (χ1) is 7.53. The van der Waals surface area contributed by atoms with Crippen molar-refractivity contribution >= 4 is 5.91 Å². The summed E-state index contributed by atoms with van der Waals surface area (Å²) in [6.45, 7) is 8.30. The molecule has 0 radical (unpaired) electrons. The lowest BCUT2D eigenvalue weighted by molar-refractivity contribution is -0.124. The Morgan fingerprint density at radius 1 is 1.31 bits per heavy atom. The number of amides is 1. The van der Waals surface area contributed by atoms with E-state index in [2.05, 4.69) is 24.5 Å². The Kier molecular flexibility index (Phi) is 4.78. The molecule has 0 saturated heterocycles. The van der Waals surface area contributed by atoms with Crippen LogP contribution in [0, 0.1) is 0 Å². The van der Waals surface area contributed by atoms with Gasteiger partial charge in [0.05, 0.1) is 6.04 Å². The molecule has 1 amide bonds. The molecule has 1 aliphatic carbocycles. The molecular formula is C13H26N2O. The Labute approximate surface area is 99.4 Å². The van der Waals surface area contributed by atoms with Crippen molar-refractivity contribution in [1.29, 1.82) is 0 Å². The molecule has 1 aliphatic rings. The number of hydrogen-bond donors (Lipinski definition) is 2. The highest BCUT2D eigenvalue weighted by molar-refractivity contribution is 5.81. The van der Waals surface area contributed by atoms with E-state index in [-0.39, 0.29) is 23.5 Å². The van der Waals surface area contributed by atoms with Gasteiger partial charge in [-0.15, -0.1) is 0 Å². The van der Waals surface area contributed by atoms with Gasteiger partial charge in [-0.3, -0.25) is 4.79 Å². The van der Waals surface area contributed by atoms with Gasteiger partial charge in [-0.25, -0.2) is 0 Å². The van der Waals surface area contributed by atoms with Gasteiger partial charge >= 0.3 is 0 Å². The molecule has 0 aromatic rings. The lowest BCUT2D eigenvalue weighted by Gasteiger charge is -2.44. The Morgan fingerprint density at radius 2 is 1.94 bits per heavy atom. The fourth-order valence-electron chi connectivity index (χ4n) is 2.20. The van der Waals surface area contributed by atoms with Crippen molar-refractivity contribution in [3.8, 4) is 0 Å². The third kappa shape index (κ3) is 3.21. The van der Waals surface area contributed by atoms with Crippen LogP contribution >= 0.6 is 0 Å². The molecule has 2 N–H and O–H groups in total. The van der Waals surface area contributed by atoms with Crippen molar-refractivity contribution < 1.29 is 4.79 Å². The first-order valence-corrected chi connectivity index (χ1v) is 6.61. The summed E-state index contributed by atoms with van der Waals surface area (Å²) < 4.78 is 0. The SMILES string of the molecule is CCC(C)NC(=O)C(C)NC1(CC)CCC1. The van der Waals surface area contributed by atoms with Crippen LogP contribution in [0.2, 0.25) is 0 Å². The summed E-state index contributed by atoms with van der Waals surface area (Å²) in [6, 6.07) is 0.199. The van der Waals surface area contributed by atoms with E-state index in [0.717, 1.165) is 12.8 Å². The Bertz CT molecular complexity index is 231. The Morgan fingerprint density at radius 3 is 2.31 bits per heavy atom. The molecule has 0 spiro atoms. The van der Waals surface area contributed by atoms with E-state index in [4.69, 9.17) is 0 Å². The minimum absolute atomic E-state index is 0.0748. The van der Waals surface area contributed by atoms with E-state index >= 15 is 0 Å². The van der Waals surface area contributed by atoms with Crippen molar-refractivity contribution in [2.24, 2.45) is 0 Å². The molecule has 3 heteroatoms. The summed E-state index contributed by atoms with van der Waals surface area (Å²) in [4.78, 5) is 11.9. The van der Waals surface area contributed by atoms with Crippen molar-refractivity contribution in [2.75, 3.05) is 0 Å². The summed E-state index contributed by atoms with van der Waals surface area (Å²) in [6.07, 6.45) is 5.82. The molecule has 0 aromatic heterocycles. The number of nitrogens with one attached hydrogen (secondary N) is 2. The number of hydrogen-bond acceptors (Lipinski definition) is 2. The molecule has 3 nitrogen and oxygen atoms in total. The summed E-state index contributed by atoms with van der Waals surface area (Å²) in [7, 11) is 0. The minimum atomic E-state index is -0.0748. The smallest absolute Gasteiger partial charge is 0.237 e. The van der Waals surface area contributed by atoms with Crippen LogP contribution in [-0.2, 0) is 4.79 Å². The van der Waals surface area contributed by atoms with Crippen LogP contribution in [0.5, 0.6) is 0 Å². The molecule has 0 bridgehead atoms. The largest absolute Gasteiger partial charge is 0.352 e. The number of carbonyl (C=O) groups is 1. The standard InChI is InChI=1S/C13H26N2O/c1-5-10(3)14-12(16)11(4)15-13(6-2)8-7-9-13/h10-11,15H,5-9H2,1-4H3,(H,14,16). The normalized spacial score (nSPS) is 22.0. The fourth-order valence-corrected chi connectivity index (χ4v) is 2.20. The maximum Gasteiger partial charge on any atom is 0.237 e. The molecule has 16 heavy (non-hydrogen) atoms. The van der Waals surface area contributed by atoms with Crippen LogP contribution in [0.3, 0.4) is 0 Å². The third-order valence-electron chi connectivity index (χ3n) is 3.90. The number of rotatable bonds is 6. The predicted octanol–water partition coefficient (Wildman–Crippen LogP) is 2.21. The minimum Gasteiger partial charge on any atom is -0.352 e. The highest BCUT2D eigenvalue weighted by Gasteiger charge is 2.37. The first-order valence-electron chi connectivity index (χ1n) is 6.61. The van der Waals surface area contributed by atoms with Crippen LogP contribution in [0.4, 0.5) is 0 Å². The maximum absolute atomic E-state index is 11.9. The molecule has 1 rings (SSSR count). The summed E-state index contributed by atoms with van der Waals surface area (Å²) in [5.74, 6) is 0.133. The van der Waals surface area contributed by atoms with Crippen LogP contribution in [0.25, 0.3) is 0 Å². The van der Waals surface area contributed by atoms with Crippen LogP contribution in [0.15, 0.2) is 0 Å². The molecule has 0 aromatic carbocycles. The Hall–Kier alpha value is -0.570. The van der Waals surface area contributed by atoms with Gasteiger partial charge in [0, 0.05) is 11.6 Å². The number of carbonyl (C=O) groups excluding carboxylic acids is 1. The highest BCUT2D eigenvalue weighted by atomic mass is 16.2. The van der Waals surface area contributed by atoms with E-state index in [1.54, 1.807) is 0 Å². The van der Waals surface area contributed by atoms with Gasteiger partial charge in [-0.05, 0) is 46.0 Å². The second kappa shape index (κ2) is 5.67. The lowest BCUT2D eigenvalue weighted by atomic mass is 9.74. The van der Waals surface area contributed by atoms with Crippen molar-refractivity contribution in [1.82, 2.24) is 10.6 Å². The van der Waals surface area contributed by atoms with Gasteiger partial charge in [0.1, 0.15) is 0 Å². The average Bonchev–Trinajstić information content (AvgIpc) is 2.22. The lowest BCUT2D eigenvalue weighted by Crippen LogP contribution is -2.58. The molecule has 94 valence electrons. The van der Waals surface area contributed by atoms with E-state index in [1.165, 1.54) is 19.3 Å². The monoisotopic (exact) mass is 226 g/mol. The van der Waals surface area contributed by atoms with Crippen molar-refractivity contribution in [3.63, 3.8) is 0 Å². The zero-order chi connectivity index (χ0) is 12.2. The van der Waals surface area contributed by atoms with Gasteiger partial charge in [0.25, 0.3) is 0 Å². The molecule has 1 saturated carbocycles. The quantitative estimate of drug-likeness (QED) is 0.729. The van der Waals surface area contributed by atoms with Gasteiger partial charge in [0.2, 0.25) is 5.91 Å². The van der Waals surface area contributed by atoms with Crippen LogP contribution < -0.4 is 10.6 Å². The van der Waals surface area contributed by atoms with Crippen molar-refractivity contribution in [2.45, 2.75) is 77.4 Å². The second-order valence-electron chi connectivity index (χ2n) is 5.17. The fraction of sp³-hybridized carbons (Fsp3) is 0.923. The molecule has 2 unspecified atom stereocenters. The zero-order valence-corrected chi connectivity index (χ0v) is 11.1. The topological polar surface area (TPSA) is 41.1 Å². The van der Waals surface area contributed by atoms with Gasteiger partial charge in [-0.2, -0.15) is 0 Å². The van der Waals surface area contributed by atoms with Gasteiger partial charge in [-0.1, -0.05) is 13.8 Å². The van der Waals surface area contributed by atoms with E-state index in [0.29, 0.717) is 0 Å². The highest BCUT2D eigenvalue weighted by Crippen LogP contribution is 2.34. The van der Waals surface area contributed by atoms with Crippen LogP contribution in [0.1, 0.15) is 59.8 Å². The average molecular weight is 226 g/mol. The van der Waals surface area contributed by atoms with E-state index in [1.807, 2.05) is 13.8 Å². The maximum atomic E-state index is 11.9. The Balaban J connectivity index is 2.39. The van der Waals surface area contributed by atoms with Crippen molar-refractivity contribution in [3.05, 3.63) is 0 Å².